The van der Waals surface area contributed by atoms with Crippen molar-refractivity contribution in [1.29, 1.82) is 0 Å². The number of hydrogen-bond donors (Lipinski definition) is 2. The number of nitrogen functional groups attached to an aromatic ring is 1. The summed E-state index contributed by atoms with van der Waals surface area (Å²) in [5.74, 6) is -1.84. The van der Waals surface area contributed by atoms with Gasteiger partial charge < -0.3 is 11.1 Å². The monoisotopic (exact) mass is 438 g/mol. The van der Waals surface area contributed by atoms with E-state index in [1.54, 1.807) is 18.5 Å². The van der Waals surface area contributed by atoms with E-state index in [1.165, 1.54) is 29.0 Å². The number of aryl methyl sites for hydroxylation is 1. The van der Waals surface area contributed by atoms with Crippen LogP contribution in [0, 0.1) is 11.6 Å². The summed E-state index contributed by atoms with van der Waals surface area (Å²) in [5, 5.41) is 7.85. The van der Waals surface area contributed by atoms with Crippen LogP contribution < -0.4 is 11.1 Å². The van der Waals surface area contributed by atoms with Crippen LogP contribution in [0.4, 0.5) is 19.6 Å². The first-order valence-electron chi connectivity index (χ1n) is 9.47. The highest BCUT2D eigenvalue weighted by atomic mass is 32.1. The first kappa shape index (κ1) is 19.3. The van der Waals surface area contributed by atoms with Crippen LogP contribution in [0.5, 0.6) is 0 Å². The van der Waals surface area contributed by atoms with Gasteiger partial charge in [-0.05, 0) is 31.0 Å². The molecule has 31 heavy (non-hydrogen) atoms. The SMILES string of the molecule is CC(=O)Nc1nc2c(s1)-c1c(c(-c3cccnc3)nn1-c1cc(N)c(F)cc1F)CC2. The summed E-state index contributed by atoms with van der Waals surface area (Å²) in [7, 11) is 0. The second-order valence-electron chi connectivity index (χ2n) is 7.13. The van der Waals surface area contributed by atoms with Gasteiger partial charge in [-0.3, -0.25) is 9.78 Å². The number of nitrogens with one attached hydrogen (secondary N) is 1. The predicted molar refractivity (Wildman–Crippen MR) is 114 cm³/mol. The van der Waals surface area contributed by atoms with Crippen LogP contribution in [0.2, 0.25) is 0 Å². The number of hydrogen-bond acceptors (Lipinski definition) is 6. The molecule has 4 aromatic rings. The maximum atomic E-state index is 14.8. The molecular formula is C21H16F2N6OS. The highest BCUT2D eigenvalue weighted by Gasteiger charge is 2.31. The van der Waals surface area contributed by atoms with Crippen LogP contribution in [0.25, 0.3) is 27.5 Å². The summed E-state index contributed by atoms with van der Waals surface area (Å²) in [6.07, 6.45) is 4.61. The van der Waals surface area contributed by atoms with Crippen molar-refractivity contribution < 1.29 is 13.6 Å². The van der Waals surface area contributed by atoms with E-state index in [-0.39, 0.29) is 17.3 Å². The maximum Gasteiger partial charge on any atom is 0.223 e. The van der Waals surface area contributed by atoms with Crippen molar-refractivity contribution in [3.63, 3.8) is 0 Å². The lowest BCUT2D eigenvalue weighted by Gasteiger charge is -2.15. The molecule has 1 aliphatic rings. The van der Waals surface area contributed by atoms with Crippen LogP contribution in [0.15, 0.2) is 36.7 Å². The van der Waals surface area contributed by atoms with Crippen LogP contribution in [0.3, 0.4) is 0 Å². The molecular weight excluding hydrogens is 422 g/mol. The minimum Gasteiger partial charge on any atom is -0.396 e. The Balaban J connectivity index is 1.78. The van der Waals surface area contributed by atoms with Gasteiger partial charge in [0, 0.05) is 36.5 Å². The third kappa shape index (κ3) is 3.25. The molecule has 1 amide bonds. The molecule has 5 rings (SSSR count). The molecule has 1 aromatic carbocycles. The average Bonchev–Trinajstić information content (AvgIpc) is 3.31. The van der Waals surface area contributed by atoms with Crippen LogP contribution in [-0.4, -0.2) is 25.7 Å². The van der Waals surface area contributed by atoms with Gasteiger partial charge in [0.15, 0.2) is 10.9 Å². The molecule has 0 spiro atoms. The van der Waals surface area contributed by atoms with E-state index in [1.807, 2.05) is 6.07 Å². The molecule has 1 aliphatic carbocycles. The number of nitrogens with two attached hydrogens (primary N) is 1. The predicted octanol–water partition coefficient (Wildman–Crippen LogP) is 3.98. The summed E-state index contributed by atoms with van der Waals surface area (Å²) < 4.78 is 30.1. The minimum absolute atomic E-state index is 0.0348. The number of nitrogens with zero attached hydrogens (tertiary/aromatic N) is 4. The fourth-order valence-corrected chi connectivity index (χ4v) is 4.81. The molecule has 3 aromatic heterocycles. The molecule has 0 fully saturated rings. The van der Waals surface area contributed by atoms with Gasteiger partial charge in [0.05, 0.1) is 27.6 Å². The van der Waals surface area contributed by atoms with E-state index in [0.29, 0.717) is 29.4 Å². The van der Waals surface area contributed by atoms with E-state index in [2.05, 4.69) is 20.4 Å². The maximum absolute atomic E-state index is 14.8. The number of carbonyl (C=O) groups is 1. The van der Waals surface area contributed by atoms with Crippen LogP contribution in [-0.2, 0) is 17.6 Å². The molecule has 0 unspecified atom stereocenters. The Morgan fingerprint density at radius 2 is 2.10 bits per heavy atom. The van der Waals surface area contributed by atoms with E-state index in [9.17, 15) is 13.6 Å². The molecule has 0 aliphatic heterocycles. The van der Waals surface area contributed by atoms with E-state index in [0.717, 1.165) is 27.8 Å². The van der Waals surface area contributed by atoms with E-state index >= 15 is 0 Å². The lowest BCUT2D eigenvalue weighted by Crippen LogP contribution is -2.08. The summed E-state index contributed by atoms with van der Waals surface area (Å²) in [6, 6.07) is 5.66. The molecule has 3 heterocycles. The second kappa shape index (κ2) is 7.24. The van der Waals surface area contributed by atoms with Gasteiger partial charge in [-0.1, -0.05) is 11.3 Å². The molecule has 3 N–H and O–H groups in total. The number of carbonyl (C=O) groups excluding carboxylic acids is 1. The second-order valence-corrected chi connectivity index (χ2v) is 8.13. The van der Waals surface area contributed by atoms with Crippen molar-refractivity contribution in [2.45, 2.75) is 19.8 Å². The number of benzene rings is 1. The van der Waals surface area contributed by atoms with Gasteiger partial charge in [-0.25, -0.2) is 18.4 Å². The Morgan fingerprint density at radius 3 is 2.84 bits per heavy atom. The molecule has 0 radical (unpaired) electrons. The Morgan fingerprint density at radius 1 is 1.26 bits per heavy atom. The Labute approximate surface area is 179 Å². The first-order chi connectivity index (χ1) is 14.9. The molecule has 7 nitrogen and oxygen atoms in total. The third-order valence-electron chi connectivity index (χ3n) is 5.02. The summed E-state index contributed by atoms with van der Waals surface area (Å²) in [5.41, 5.74) is 9.36. The van der Waals surface area contributed by atoms with E-state index < -0.39 is 11.6 Å². The smallest absolute Gasteiger partial charge is 0.223 e. The number of anilines is 2. The standard InChI is InChI=1S/C21H16F2N6OS/c1-10(30)26-21-27-16-5-4-12-18(11-3-2-6-25-9-11)28-29(19(12)20(16)31-21)17-8-15(24)13(22)7-14(17)23/h2-3,6-9H,4-5,24H2,1H3,(H,26,27,30). The number of fused-ring (bicyclic) bond motifs is 3. The lowest BCUT2D eigenvalue weighted by atomic mass is 9.95. The number of aromatic nitrogens is 4. The lowest BCUT2D eigenvalue weighted by molar-refractivity contribution is -0.114. The number of thiazole rings is 1. The molecule has 0 saturated heterocycles. The normalized spacial score (nSPS) is 12.4. The Kier molecular flexibility index (Phi) is 4.51. The van der Waals surface area contributed by atoms with Gasteiger partial charge in [0.25, 0.3) is 0 Å². The van der Waals surface area contributed by atoms with Gasteiger partial charge in [0.1, 0.15) is 11.5 Å². The van der Waals surface area contributed by atoms with Crippen molar-refractivity contribution in [2.24, 2.45) is 0 Å². The fourth-order valence-electron chi connectivity index (χ4n) is 3.70. The zero-order valence-electron chi connectivity index (χ0n) is 16.3. The number of pyridine rings is 1. The fraction of sp³-hybridized carbons (Fsp3) is 0.143. The third-order valence-corrected chi connectivity index (χ3v) is 6.04. The average molecular weight is 438 g/mol. The molecule has 0 atom stereocenters. The quantitative estimate of drug-likeness (QED) is 0.472. The first-order valence-corrected chi connectivity index (χ1v) is 10.3. The summed E-state index contributed by atoms with van der Waals surface area (Å²) in [6.45, 7) is 1.41. The van der Waals surface area contributed by atoms with E-state index in [4.69, 9.17) is 5.73 Å². The van der Waals surface area contributed by atoms with Gasteiger partial charge >= 0.3 is 0 Å². The molecule has 0 saturated carbocycles. The number of rotatable bonds is 3. The summed E-state index contributed by atoms with van der Waals surface area (Å²) in [4.78, 5) is 20.9. The van der Waals surface area contributed by atoms with Gasteiger partial charge in [-0.2, -0.15) is 5.10 Å². The largest absolute Gasteiger partial charge is 0.396 e. The van der Waals surface area contributed by atoms with Crippen molar-refractivity contribution >= 4 is 28.1 Å². The van der Waals surface area contributed by atoms with Crippen LogP contribution in [0.1, 0.15) is 18.2 Å². The van der Waals surface area contributed by atoms with Gasteiger partial charge in [-0.15, -0.1) is 0 Å². The highest BCUT2D eigenvalue weighted by molar-refractivity contribution is 7.19. The number of halogens is 2. The topological polar surface area (TPSA) is 98.7 Å². The van der Waals surface area contributed by atoms with Crippen molar-refractivity contribution in [1.82, 2.24) is 19.7 Å². The molecule has 0 bridgehead atoms. The zero-order valence-corrected chi connectivity index (χ0v) is 17.1. The molecule has 156 valence electrons. The van der Waals surface area contributed by atoms with Crippen LogP contribution >= 0.6 is 11.3 Å². The van der Waals surface area contributed by atoms with Crippen molar-refractivity contribution in [2.75, 3.05) is 11.1 Å². The van der Waals surface area contributed by atoms with Crippen molar-refractivity contribution in [3.8, 4) is 27.5 Å². The van der Waals surface area contributed by atoms with Crippen molar-refractivity contribution in [3.05, 3.63) is 59.6 Å². The Hall–Kier alpha value is -3.66. The summed E-state index contributed by atoms with van der Waals surface area (Å²) >= 11 is 1.29. The van der Waals surface area contributed by atoms with Gasteiger partial charge in [0.2, 0.25) is 5.91 Å². The molecule has 10 heteroatoms. The minimum atomic E-state index is -0.832. The zero-order chi connectivity index (χ0) is 21.7. The Bertz CT molecular complexity index is 1330. The number of amides is 1. The highest BCUT2D eigenvalue weighted by Crippen LogP contribution is 2.44.